The molecule has 0 atom stereocenters. The number of carbonyl (C=O) groups is 1. The third-order valence-corrected chi connectivity index (χ3v) is 2.08. The van der Waals surface area contributed by atoms with E-state index in [1.807, 2.05) is 0 Å². The molecule has 0 aromatic carbocycles. The van der Waals surface area contributed by atoms with Gasteiger partial charge in [-0.1, -0.05) is 12.8 Å². The minimum Gasteiger partial charge on any atom is -0.356 e. The Labute approximate surface area is 72.3 Å². The van der Waals surface area contributed by atoms with Crippen molar-refractivity contribution in [1.29, 1.82) is 0 Å². The van der Waals surface area contributed by atoms with E-state index in [1.165, 1.54) is 12.8 Å². The number of amides is 1. The van der Waals surface area contributed by atoms with E-state index in [2.05, 4.69) is 5.32 Å². The second-order valence-corrected chi connectivity index (χ2v) is 3.40. The number of rotatable bonds is 5. The molecule has 1 aliphatic rings. The highest BCUT2D eigenvalue weighted by Gasteiger charge is 2.20. The molecule has 0 bridgehead atoms. The maximum atomic E-state index is 10.8. The summed E-state index contributed by atoms with van der Waals surface area (Å²) in [4.78, 5) is 10.8. The monoisotopic (exact) mass is 175 g/mol. The lowest BCUT2D eigenvalue weighted by Crippen LogP contribution is -2.24. The highest BCUT2D eigenvalue weighted by atomic mass is 35.5. The van der Waals surface area contributed by atoms with Gasteiger partial charge in [0.1, 0.15) is 0 Å². The molecule has 0 spiro atoms. The van der Waals surface area contributed by atoms with E-state index in [1.54, 1.807) is 0 Å². The first kappa shape index (κ1) is 8.85. The summed E-state index contributed by atoms with van der Waals surface area (Å²) in [7, 11) is 0. The lowest BCUT2D eigenvalue weighted by Gasteiger charge is -2.01. The van der Waals surface area contributed by atoms with Gasteiger partial charge >= 0.3 is 0 Å². The molecule has 64 valence electrons. The predicted molar refractivity (Wildman–Crippen MR) is 45.7 cm³/mol. The van der Waals surface area contributed by atoms with Gasteiger partial charge in [-0.3, -0.25) is 4.79 Å². The van der Waals surface area contributed by atoms with Crippen LogP contribution < -0.4 is 5.32 Å². The molecule has 3 heteroatoms. The van der Waals surface area contributed by atoms with Crippen molar-refractivity contribution in [2.75, 3.05) is 12.4 Å². The molecule has 0 aliphatic heterocycles. The highest BCUT2D eigenvalue weighted by molar-refractivity contribution is 6.18. The zero-order chi connectivity index (χ0) is 8.10. The van der Waals surface area contributed by atoms with Gasteiger partial charge in [0.2, 0.25) is 5.91 Å². The summed E-state index contributed by atoms with van der Waals surface area (Å²) < 4.78 is 0. The van der Waals surface area contributed by atoms with Gasteiger partial charge in [0.25, 0.3) is 0 Å². The Hall–Kier alpha value is -0.240. The van der Waals surface area contributed by atoms with Crippen molar-refractivity contribution < 1.29 is 4.79 Å². The zero-order valence-electron chi connectivity index (χ0n) is 6.61. The zero-order valence-corrected chi connectivity index (χ0v) is 7.36. The van der Waals surface area contributed by atoms with Gasteiger partial charge in [-0.25, -0.2) is 0 Å². The summed E-state index contributed by atoms with van der Waals surface area (Å²) in [6.07, 6.45) is 4.30. The molecule has 1 rings (SSSR count). The summed E-state index contributed by atoms with van der Waals surface area (Å²) in [6.45, 7) is 0.834. The molecular formula is C8H14ClNO. The van der Waals surface area contributed by atoms with Crippen molar-refractivity contribution in [2.45, 2.75) is 25.7 Å². The lowest BCUT2D eigenvalue weighted by molar-refractivity contribution is -0.120. The molecule has 0 heterocycles. The quantitative estimate of drug-likeness (QED) is 0.631. The Morgan fingerprint density at radius 1 is 1.55 bits per heavy atom. The van der Waals surface area contributed by atoms with Gasteiger partial charge in [0, 0.05) is 18.8 Å². The van der Waals surface area contributed by atoms with E-state index in [0.29, 0.717) is 12.3 Å². The van der Waals surface area contributed by atoms with Crippen molar-refractivity contribution >= 4 is 17.5 Å². The molecule has 1 fully saturated rings. The van der Waals surface area contributed by atoms with Crippen LogP contribution in [-0.4, -0.2) is 18.3 Å². The maximum absolute atomic E-state index is 10.8. The maximum Gasteiger partial charge on any atom is 0.221 e. The molecule has 0 radical (unpaired) electrons. The normalized spacial score (nSPS) is 16.5. The van der Waals surface area contributed by atoms with Crippen LogP contribution in [0, 0.1) is 5.92 Å². The molecule has 0 aromatic heterocycles. The average Bonchev–Trinajstić information content (AvgIpc) is 2.72. The number of carbonyl (C=O) groups excluding carboxylic acids is 1. The third kappa shape index (κ3) is 4.25. The van der Waals surface area contributed by atoms with Crippen LogP contribution in [0.5, 0.6) is 0 Å². The average molecular weight is 176 g/mol. The Kier molecular flexibility index (Phi) is 3.70. The summed E-state index contributed by atoms with van der Waals surface area (Å²) in [5.41, 5.74) is 0. The molecule has 1 amide bonds. The Bertz CT molecular complexity index is 134. The summed E-state index contributed by atoms with van der Waals surface area (Å²) in [6, 6.07) is 0. The largest absolute Gasteiger partial charge is 0.356 e. The second-order valence-electron chi connectivity index (χ2n) is 3.02. The topological polar surface area (TPSA) is 29.1 Å². The van der Waals surface area contributed by atoms with Crippen LogP contribution in [0.1, 0.15) is 25.7 Å². The van der Waals surface area contributed by atoms with Gasteiger partial charge in [0.15, 0.2) is 0 Å². The molecule has 0 saturated heterocycles. The fraction of sp³-hybridized carbons (Fsp3) is 0.875. The number of hydrogen-bond donors (Lipinski definition) is 1. The first-order valence-electron chi connectivity index (χ1n) is 4.15. The summed E-state index contributed by atoms with van der Waals surface area (Å²) in [5.74, 6) is 1.40. The van der Waals surface area contributed by atoms with Crippen LogP contribution >= 0.6 is 11.6 Å². The molecule has 1 saturated carbocycles. The van der Waals surface area contributed by atoms with Gasteiger partial charge in [-0.15, -0.1) is 11.6 Å². The summed E-state index contributed by atoms with van der Waals surface area (Å²) >= 11 is 5.39. The van der Waals surface area contributed by atoms with Crippen LogP contribution in [0.2, 0.25) is 0 Å². The van der Waals surface area contributed by atoms with Crippen LogP contribution in [0.3, 0.4) is 0 Å². The standard InChI is InChI=1S/C8H14ClNO/c9-5-3-8(11)10-6-4-7-1-2-7/h7H,1-6H2,(H,10,11). The molecule has 0 aromatic rings. The van der Waals surface area contributed by atoms with E-state index in [4.69, 9.17) is 11.6 Å². The number of halogens is 1. The third-order valence-electron chi connectivity index (χ3n) is 1.89. The smallest absolute Gasteiger partial charge is 0.221 e. The van der Waals surface area contributed by atoms with Gasteiger partial charge in [0.05, 0.1) is 0 Å². The van der Waals surface area contributed by atoms with E-state index < -0.39 is 0 Å². The Balaban J connectivity index is 1.88. The van der Waals surface area contributed by atoms with Crippen molar-refractivity contribution in [3.63, 3.8) is 0 Å². The summed E-state index contributed by atoms with van der Waals surface area (Å²) in [5, 5.41) is 2.83. The van der Waals surface area contributed by atoms with E-state index in [-0.39, 0.29) is 5.91 Å². The molecule has 11 heavy (non-hydrogen) atoms. The van der Waals surface area contributed by atoms with Crippen molar-refractivity contribution in [1.82, 2.24) is 5.32 Å². The minimum atomic E-state index is 0.0839. The Morgan fingerprint density at radius 3 is 2.82 bits per heavy atom. The van der Waals surface area contributed by atoms with Crippen molar-refractivity contribution in [3.05, 3.63) is 0 Å². The fourth-order valence-electron chi connectivity index (χ4n) is 0.996. The SMILES string of the molecule is O=C(CCCl)NCCC1CC1. The van der Waals surface area contributed by atoms with Crippen molar-refractivity contribution in [3.8, 4) is 0 Å². The second kappa shape index (κ2) is 4.60. The van der Waals surface area contributed by atoms with Crippen LogP contribution in [0.15, 0.2) is 0 Å². The molecular weight excluding hydrogens is 162 g/mol. The predicted octanol–water partition coefficient (Wildman–Crippen LogP) is 1.53. The van der Waals surface area contributed by atoms with Crippen molar-refractivity contribution in [2.24, 2.45) is 5.92 Å². The lowest BCUT2D eigenvalue weighted by atomic mass is 10.3. The fourth-order valence-corrected chi connectivity index (χ4v) is 1.17. The number of nitrogens with one attached hydrogen (secondary N) is 1. The highest BCUT2D eigenvalue weighted by Crippen LogP contribution is 2.31. The van der Waals surface area contributed by atoms with Gasteiger partial charge in [-0.2, -0.15) is 0 Å². The molecule has 2 nitrogen and oxygen atoms in total. The Morgan fingerprint density at radius 2 is 2.27 bits per heavy atom. The minimum absolute atomic E-state index is 0.0839. The van der Waals surface area contributed by atoms with Gasteiger partial charge < -0.3 is 5.32 Å². The van der Waals surface area contributed by atoms with E-state index >= 15 is 0 Å². The molecule has 0 unspecified atom stereocenters. The number of alkyl halides is 1. The van der Waals surface area contributed by atoms with Gasteiger partial charge in [-0.05, 0) is 12.3 Å². The first-order valence-corrected chi connectivity index (χ1v) is 4.69. The van der Waals surface area contributed by atoms with E-state index in [9.17, 15) is 4.79 Å². The molecule has 1 aliphatic carbocycles. The number of hydrogen-bond acceptors (Lipinski definition) is 1. The first-order chi connectivity index (χ1) is 5.33. The van der Waals surface area contributed by atoms with Crippen LogP contribution in [-0.2, 0) is 4.79 Å². The van der Waals surface area contributed by atoms with Crippen LogP contribution in [0.25, 0.3) is 0 Å². The molecule has 1 N–H and O–H groups in total. The van der Waals surface area contributed by atoms with Crippen LogP contribution in [0.4, 0.5) is 0 Å². The van der Waals surface area contributed by atoms with E-state index in [0.717, 1.165) is 18.9 Å².